The Morgan fingerprint density at radius 1 is 0.843 bits per heavy atom. The molecule has 0 bridgehead atoms. The summed E-state index contributed by atoms with van der Waals surface area (Å²) in [5, 5.41) is 16.0. The van der Waals surface area contributed by atoms with Crippen LogP contribution in [-0.4, -0.2) is 20.9 Å². The number of carbonyl (C=O) groups excluding carboxylic acids is 1. The van der Waals surface area contributed by atoms with E-state index in [0.717, 1.165) is 54.4 Å². The van der Waals surface area contributed by atoms with Gasteiger partial charge < -0.3 is 5.11 Å². The summed E-state index contributed by atoms with van der Waals surface area (Å²) in [5.41, 5.74) is 6.20. The SMILES string of the molecule is CC(C)Cc1ccc(-c2cc(-c3[c-]c4ccccc4c(C(C)(C)C)c3)ncn2)c2sccc12.CCC(C)(CC)C(=O)/C=C(\O)C(C)(CC)CC.[Ir]. The Hall–Kier alpha value is -3.18. The van der Waals surface area contributed by atoms with Crippen LogP contribution in [0.15, 0.2) is 78.1 Å². The molecule has 0 atom stereocenters. The maximum absolute atomic E-state index is 12.2. The molecule has 6 heteroatoms. The van der Waals surface area contributed by atoms with Crippen molar-refractivity contribution in [3.05, 3.63) is 95.3 Å². The van der Waals surface area contributed by atoms with Crippen LogP contribution in [0.4, 0.5) is 0 Å². The number of hydrogen-bond donors (Lipinski definition) is 1. The van der Waals surface area contributed by atoms with Crippen LogP contribution < -0.4 is 0 Å². The van der Waals surface area contributed by atoms with Gasteiger partial charge in [0.25, 0.3) is 0 Å². The van der Waals surface area contributed by atoms with E-state index in [1.807, 2.05) is 41.5 Å². The van der Waals surface area contributed by atoms with E-state index >= 15 is 0 Å². The second-order valence-electron chi connectivity index (χ2n) is 15.6. The molecule has 0 aliphatic carbocycles. The minimum Gasteiger partial charge on any atom is -0.512 e. The summed E-state index contributed by atoms with van der Waals surface area (Å²) in [6.45, 7) is 23.4. The van der Waals surface area contributed by atoms with E-state index in [9.17, 15) is 9.90 Å². The summed E-state index contributed by atoms with van der Waals surface area (Å²) in [7, 11) is 0. The molecule has 0 saturated carbocycles. The minimum atomic E-state index is -0.337. The third-order valence-corrected chi connectivity index (χ3v) is 11.7. The summed E-state index contributed by atoms with van der Waals surface area (Å²) in [5.74, 6) is 0.916. The maximum Gasteiger partial charge on any atom is 0.164 e. The van der Waals surface area contributed by atoms with Crippen LogP contribution in [0.1, 0.15) is 113 Å². The Labute approximate surface area is 324 Å². The fourth-order valence-corrected chi connectivity index (χ4v) is 7.23. The standard InChI is InChI=1S/C30H29N2S.C15H28O2.Ir/c1-19(2)14-21-10-11-25(29-24(21)12-13-33-29)28-17-27(31-18-32-28)22-15-20-8-6-7-9-23(20)26(16-22)30(3,4)5;1-7-14(5,8-2)12(16)11-13(17)15(6,9-3)10-4;/h6-13,16-19H,14H2,1-5H3;11,16H,7-10H2,1-6H3;/q-1;;/b;12-11-;. The summed E-state index contributed by atoms with van der Waals surface area (Å²) >= 11 is 1.79. The van der Waals surface area contributed by atoms with Crippen molar-refractivity contribution in [3.63, 3.8) is 0 Å². The van der Waals surface area contributed by atoms with E-state index < -0.39 is 0 Å². The Morgan fingerprint density at radius 2 is 1.47 bits per heavy atom. The molecule has 5 rings (SSSR count). The molecule has 0 amide bonds. The van der Waals surface area contributed by atoms with Crippen molar-refractivity contribution in [1.82, 2.24) is 9.97 Å². The van der Waals surface area contributed by atoms with Gasteiger partial charge in [-0.2, -0.15) is 0 Å². The average molecular weight is 882 g/mol. The molecule has 275 valence electrons. The van der Waals surface area contributed by atoms with E-state index in [0.29, 0.717) is 5.92 Å². The first-order valence-corrected chi connectivity index (χ1v) is 19.2. The summed E-state index contributed by atoms with van der Waals surface area (Å²) < 4.78 is 1.30. The van der Waals surface area contributed by atoms with Gasteiger partial charge in [0.15, 0.2) is 5.78 Å². The van der Waals surface area contributed by atoms with E-state index in [4.69, 9.17) is 0 Å². The largest absolute Gasteiger partial charge is 0.512 e. The molecule has 2 heterocycles. The molecule has 0 spiro atoms. The average Bonchev–Trinajstić information content (AvgIpc) is 3.61. The third-order valence-electron chi connectivity index (χ3n) is 10.7. The van der Waals surface area contributed by atoms with Gasteiger partial charge in [-0.15, -0.1) is 40.5 Å². The van der Waals surface area contributed by atoms with Crippen molar-refractivity contribution in [2.45, 2.75) is 114 Å². The predicted molar refractivity (Wildman–Crippen MR) is 215 cm³/mol. The van der Waals surface area contributed by atoms with Gasteiger partial charge >= 0.3 is 0 Å². The molecule has 3 aromatic carbocycles. The maximum atomic E-state index is 12.2. The Morgan fingerprint density at radius 3 is 2.08 bits per heavy atom. The quantitative estimate of drug-likeness (QED) is 0.0815. The van der Waals surface area contributed by atoms with Crippen molar-refractivity contribution < 1.29 is 30.0 Å². The normalized spacial score (nSPS) is 12.5. The number of nitrogens with zero attached hydrogens (tertiary/aromatic N) is 2. The van der Waals surface area contributed by atoms with Gasteiger partial charge in [-0.05, 0) is 71.9 Å². The first-order chi connectivity index (χ1) is 23.6. The number of aliphatic hydroxyl groups excluding tert-OH is 1. The zero-order valence-electron chi connectivity index (χ0n) is 32.5. The number of fused-ring (bicyclic) bond motifs is 2. The van der Waals surface area contributed by atoms with Crippen LogP contribution in [0.25, 0.3) is 43.4 Å². The van der Waals surface area contributed by atoms with Gasteiger partial charge in [0.2, 0.25) is 0 Å². The number of carbonyl (C=O) groups is 1. The number of aliphatic hydroxyl groups is 1. The third kappa shape index (κ3) is 9.63. The molecule has 0 saturated heterocycles. The zero-order valence-corrected chi connectivity index (χ0v) is 35.7. The molecular formula is C45H57IrN2O2S-. The number of benzene rings is 3. The molecule has 0 aliphatic rings. The molecule has 4 nitrogen and oxygen atoms in total. The molecule has 0 unspecified atom stereocenters. The number of allylic oxidation sites excluding steroid dienone is 2. The van der Waals surface area contributed by atoms with E-state index in [1.165, 1.54) is 38.2 Å². The Bertz CT molecular complexity index is 1960. The van der Waals surface area contributed by atoms with Gasteiger partial charge in [-0.3, -0.25) is 9.78 Å². The number of ketones is 1. The smallest absolute Gasteiger partial charge is 0.164 e. The minimum absolute atomic E-state index is 0. The molecule has 1 N–H and O–H groups in total. The molecule has 51 heavy (non-hydrogen) atoms. The van der Waals surface area contributed by atoms with Crippen molar-refractivity contribution in [2.75, 3.05) is 0 Å². The van der Waals surface area contributed by atoms with Crippen molar-refractivity contribution in [3.8, 4) is 22.5 Å². The molecular weight excluding hydrogens is 825 g/mol. The zero-order chi connectivity index (χ0) is 36.9. The first kappa shape index (κ1) is 42.2. The van der Waals surface area contributed by atoms with Crippen LogP contribution in [0.2, 0.25) is 0 Å². The van der Waals surface area contributed by atoms with Crippen LogP contribution in [0.3, 0.4) is 0 Å². The van der Waals surface area contributed by atoms with Gasteiger partial charge in [-0.25, -0.2) is 4.98 Å². The van der Waals surface area contributed by atoms with E-state index in [-0.39, 0.29) is 47.9 Å². The number of rotatable bonds is 11. The molecule has 5 aromatic rings. The summed E-state index contributed by atoms with van der Waals surface area (Å²) in [4.78, 5) is 21.5. The van der Waals surface area contributed by atoms with Gasteiger partial charge in [0, 0.05) is 53.0 Å². The van der Waals surface area contributed by atoms with Crippen molar-refractivity contribution >= 4 is 38.0 Å². The van der Waals surface area contributed by atoms with Crippen molar-refractivity contribution in [1.29, 1.82) is 0 Å². The van der Waals surface area contributed by atoms with Crippen LogP contribution in [-0.2, 0) is 36.7 Å². The summed E-state index contributed by atoms with van der Waals surface area (Å²) in [6, 6.07) is 23.2. The van der Waals surface area contributed by atoms with E-state index in [1.54, 1.807) is 17.7 Å². The number of aromatic nitrogens is 2. The Kier molecular flexibility index (Phi) is 14.5. The number of thiophene rings is 1. The summed E-state index contributed by atoms with van der Waals surface area (Å²) in [6.07, 6.45) is 7.53. The monoisotopic (exact) mass is 882 g/mol. The topological polar surface area (TPSA) is 63.1 Å². The fraction of sp³-hybridized carbons (Fsp3) is 0.444. The van der Waals surface area contributed by atoms with Crippen LogP contribution in [0, 0.1) is 22.8 Å². The first-order valence-electron chi connectivity index (χ1n) is 18.3. The predicted octanol–water partition coefficient (Wildman–Crippen LogP) is 13.1. The number of hydrogen-bond acceptors (Lipinski definition) is 5. The van der Waals surface area contributed by atoms with Gasteiger partial charge in [0.1, 0.15) is 12.1 Å². The second kappa shape index (κ2) is 17.6. The molecule has 0 fully saturated rings. The van der Waals surface area contributed by atoms with Crippen LogP contribution >= 0.6 is 11.3 Å². The Balaban J connectivity index is 0.000000335. The van der Waals surface area contributed by atoms with Crippen molar-refractivity contribution in [2.24, 2.45) is 16.7 Å². The molecule has 2 aromatic heterocycles. The van der Waals surface area contributed by atoms with Gasteiger partial charge in [-0.1, -0.05) is 117 Å². The van der Waals surface area contributed by atoms with Gasteiger partial charge in [0.05, 0.1) is 5.69 Å². The molecule has 0 aliphatic heterocycles. The van der Waals surface area contributed by atoms with Crippen LogP contribution in [0.5, 0.6) is 0 Å². The second-order valence-corrected chi connectivity index (χ2v) is 16.6. The fourth-order valence-electron chi connectivity index (χ4n) is 6.26. The van der Waals surface area contributed by atoms with E-state index in [2.05, 4.69) is 111 Å². The molecule has 1 radical (unpaired) electrons.